The van der Waals surface area contributed by atoms with Gasteiger partial charge in [-0.2, -0.15) is 0 Å². The molecule has 10 heteroatoms. The molecule has 2 aliphatic heterocycles. The molecule has 40 heavy (non-hydrogen) atoms. The van der Waals surface area contributed by atoms with E-state index in [2.05, 4.69) is 30.4 Å². The monoisotopic (exact) mass is 560 g/mol. The summed E-state index contributed by atoms with van der Waals surface area (Å²) < 4.78 is 42.3. The second-order valence-corrected chi connectivity index (χ2v) is 11.9. The zero-order valence-corrected chi connectivity index (χ0v) is 23.4. The lowest BCUT2D eigenvalue weighted by atomic mass is 9.82. The maximum absolute atomic E-state index is 13.6. The van der Waals surface area contributed by atoms with Gasteiger partial charge in [0.1, 0.15) is 5.75 Å². The molecule has 0 radical (unpaired) electrons. The molecule has 0 saturated carbocycles. The van der Waals surface area contributed by atoms with Crippen LogP contribution in [0.1, 0.15) is 57.2 Å². The summed E-state index contributed by atoms with van der Waals surface area (Å²) in [5.74, 6) is 0.0889. The largest absolute Gasteiger partial charge is 0.573 e. The van der Waals surface area contributed by atoms with Crippen molar-refractivity contribution in [3.8, 4) is 5.75 Å². The van der Waals surface area contributed by atoms with Crippen LogP contribution in [0.5, 0.6) is 5.75 Å². The van der Waals surface area contributed by atoms with Crippen LogP contribution in [0.25, 0.3) is 0 Å². The first-order valence-corrected chi connectivity index (χ1v) is 13.8. The first-order chi connectivity index (χ1) is 18.8. The number of benzene rings is 2. The number of piperazine rings is 1. The molecule has 218 valence electrons. The Labute approximate surface area is 234 Å². The average molecular weight is 561 g/mol. The minimum atomic E-state index is -4.75. The maximum atomic E-state index is 13.6. The summed E-state index contributed by atoms with van der Waals surface area (Å²) in [5.41, 5.74) is 7.09. The van der Waals surface area contributed by atoms with E-state index in [0.717, 1.165) is 24.0 Å². The number of hydrogen-bond acceptors (Lipinski definition) is 4. The van der Waals surface area contributed by atoms with Crippen molar-refractivity contribution in [1.29, 1.82) is 0 Å². The Kier molecular flexibility index (Phi) is 8.97. The Bertz CT molecular complexity index is 1140. The second-order valence-electron chi connectivity index (χ2n) is 11.9. The summed E-state index contributed by atoms with van der Waals surface area (Å²) in [4.78, 5) is 31.0. The van der Waals surface area contributed by atoms with E-state index >= 15 is 0 Å². The molecule has 2 N–H and O–H groups in total. The highest BCUT2D eigenvalue weighted by atomic mass is 19.4. The number of alkyl halides is 3. The molecule has 2 aliphatic rings. The number of amides is 3. The number of carbonyl (C=O) groups is 2. The molecule has 0 aliphatic carbocycles. The van der Waals surface area contributed by atoms with Crippen LogP contribution in [-0.4, -0.2) is 71.8 Å². The third kappa shape index (κ3) is 7.47. The third-order valence-corrected chi connectivity index (χ3v) is 8.03. The van der Waals surface area contributed by atoms with E-state index in [1.807, 2.05) is 35.2 Å². The molecule has 2 aromatic rings. The van der Waals surface area contributed by atoms with Crippen LogP contribution >= 0.6 is 0 Å². The van der Waals surface area contributed by atoms with Gasteiger partial charge in [0.15, 0.2) is 0 Å². The van der Waals surface area contributed by atoms with Gasteiger partial charge in [0.05, 0.1) is 6.04 Å². The number of likely N-dealkylation sites (tertiary alicyclic amines) is 1. The van der Waals surface area contributed by atoms with Gasteiger partial charge in [0.25, 0.3) is 0 Å². The highest BCUT2D eigenvalue weighted by molar-refractivity contribution is 5.77. The zero-order chi connectivity index (χ0) is 29.1. The van der Waals surface area contributed by atoms with E-state index in [1.165, 1.54) is 12.1 Å². The van der Waals surface area contributed by atoms with Gasteiger partial charge in [-0.15, -0.1) is 13.2 Å². The van der Waals surface area contributed by atoms with Crippen LogP contribution in [0.3, 0.4) is 0 Å². The number of primary amides is 1. The number of halogens is 3. The summed E-state index contributed by atoms with van der Waals surface area (Å²) >= 11 is 0. The van der Waals surface area contributed by atoms with Crippen molar-refractivity contribution >= 4 is 11.9 Å². The molecule has 7 nitrogen and oxygen atoms in total. The fraction of sp³-hybridized carbons (Fsp3) is 0.533. The predicted molar refractivity (Wildman–Crippen MR) is 146 cm³/mol. The molecule has 2 atom stereocenters. The molecule has 0 bridgehead atoms. The number of ether oxygens (including phenoxy) is 1. The van der Waals surface area contributed by atoms with Crippen molar-refractivity contribution in [2.75, 3.05) is 32.7 Å². The van der Waals surface area contributed by atoms with Crippen LogP contribution < -0.4 is 10.5 Å². The van der Waals surface area contributed by atoms with E-state index in [0.29, 0.717) is 39.1 Å². The molecule has 3 amide bonds. The zero-order valence-electron chi connectivity index (χ0n) is 23.4. The predicted octanol–water partition coefficient (Wildman–Crippen LogP) is 5.41. The number of urea groups is 1. The molecule has 2 heterocycles. The fourth-order valence-corrected chi connectivity index (χ4v) is 5.90. The minimum Gasteiger partial charge on any atom is -0.406 e. The fourth-order valence-electron chi connectivity index (χ4n) is 5.90. The van der Waals surface area contributed by atoms with Gasteiger partial charge in [0.2, 0.25) is 5.91 Å². The van der Waals surface area contributed by atoms with E-state index < -0.39 is 12.4 Å². The Morgan fingerprint density at radius 3 is 2.08 bits per heavy atom. The summed E-state index contributed by atoms with van der Waals surface area (Å²) in [5, 5.41) is 0. The molecule has 2 aromatic carbocycles. The van der Waals surface area contributed by atoms with Gasteiger partial charge in [-0.3, -0.25) is 9.69 Å². The minimum absolute atomic E-state index is 0.0569. The van der Waals surface area contributed by atoms with Crippen molar-refractivity contribution in [1.82, 2.24) is 14.7 Å². The quantitative estimate of drug-likeness (QED) is 0.512. The normalized spacial score (nSPS) is 20.3. The van der Waals surface area contributed by atoms with Crippen LogP contribution in [0.15, 0.2) is 54.6 Å². The van der Waals surface area contributed by atoms with Crippen molar-refractivity contribution in [2.24, 2.45) is 17.1 Å². The highest BCUT2D eigenvalue weighted by Gasteiger charge is 2.41. The Morgan fingerprint density at radius 1 is 0.925 bits per heavy atom. The average Bonchev–Trinajstić information content (AvgIpc) is 2.89. The second kappa shape index (κ2) is 12.1. The van der Waals surface area contributed by atoms with Crippen molar-refractivity contribution in [3.63, 3.8) is 0 Å². The molecule has 1 unspecified atom stereocenters. The smallest absolute Gasteiger partial charge is 0.406 e. The highest BCUT2D eigenvalue weighted by Crippen LogP contribution is 2.36. The van der Waals surface area contributed by atoms with E-state index in [9.17, 15) is 22.8 Å². The van der Waals surface area contributed by atoms with Crippen molar-refractivity contribution in [3.05, 3.63) is 65.7 Å². The molecule has 2 fully saturated rings. The third-order valence-electron chi connectivity index (χ3n) is 8.03. The number of hydrogen-bond donors (Lipinski definition) is 1. The Balaban J connectivity index is 1.53. The lowest BCUT2D eigenvalue weighted by Crippen LogP contribution is -2.60. The number of nitrogens with two attached hydrogens (primary N) is 1. The van der Waals surface area contributed by atoms with Crippen LogP contribution in [0.2, 0.25) is 0 Å². The topological polar surface area (TPSA) is 79.1 Å². The van der Waals surface area contributed by atoms with Crippen LogP contribution in [-0.2, 0) is 4.79 Å². The number of nitrogens with zero attached hydrogens (tertiary/aromatic N) is 3. The summed E-state index contributed by atoms with van der Waals surface area (Å²) in [7, 11) is 0. The lowest BCUT2D eigenvalue weighted by molar-refractivity contribution is -0.274. The van der Waals surface area contributed by atoms with Gasteiger partial charge in [-0.25, -0.2) is 4.79 Å². The number of carbonyl (C=O) groups excluding carboxylic acids is 2. The maximum Gasteiger partial charge on any atom is 0.573 e. The number of piperidine rings is 1. The SMILES string of the molecule is CC(C)(C)[C@H]1CN(C(c2ccccc2)c2ccc(OC(F)(F)F)cc2)CCN1C(=O)CC1CCN(C(N)=O)CC1. The van der Waals surface area contributed by atoms with Gasteiger partial charge >= 0.3 is 12.4 Å². The van der Waals surface area contributed by atoms with E-state index in [1.54, 1.807) is 17.0 Å². The van der Waals surface area contributed by atoms with E-state index in [-0.39, 0.29) is 35.1 Å². The van der Waals surface area contributed by atoms with Gasteiger partial charge < -0.3 is 20.3 Å². The summed E-state index contributed by atoms with van der Waals surface area (Å²) in [6, 6.07) is 15.3. The Hall–Kier alpha value is -3.27. The molecule has 2 saturated heterocycles. The van der Waals surface area contributed by atoms with Crippen molar-refractivity contribution < 1.29 is 27.5 Å². The van der Waals surface area contributed by atoms with Gasteiger partial charge in [-0.1, -0.05) is 63.2 Å². The lowest BCUT2D eigenvalue weighted by Gasteiger charge is -2.50. The Morgan fingerprint density at radius 2 is 1.52 bits per heavy atom. The van der Waals surface area contributed by atoms with Gasteiger partial charge in [-0.05, 0) is 47.4 Å². The van der Waals surface area contributed by atoms with Crippen molar-refractivity contribution in [2.45, 2.75) is 58.5 Å². The first-order valence-electron chi connectivity index (χ1n) is 13.8. The van der Waals surface area contributed by atoms with Gasteiger partial charge in [0, 0.05) is 45.2 Å². The van der Waals surface area contributed by atoms with Crippen LogP contribution in [0.4, 0.5) is 18.0 Å². The molecule has 0 aromatic heterocycles. The molecule has 0 spiro atoms. The molecular weight excluding hydrogens is 521 g/mol. The van der Waals surface area contributed by atoms with Crippen LogP contribution in [0, 0.1) is 11.3 Å². The summed E-state index contributed by atoms with van der Waals surface area (Å²) in [6.07, 6.45) is -2.78. The summed E-state index contributed by atoms with van der Waals surface area (Å²) in [6.45, 7) is 9.35. The first kappa shape index (κ1) is 29.7. The molecular formula is C30H39F3N4O3. The standard InChI is InChI=1S/C30H39F3N4O3/c1-29(2,3)25-20-36(17-18-37(25)26(38)19-21-13-15-35(16-14-21)28(34)39)27(22-7-5-4-6-8-22)23-9-11-24(12-10-23)40-30(31,32)33/h4-12,21,25,27H,13-20H2,1-3H3,(H2,34,39)/t25-,27?/m1/s1. The molecule has 4 rings (SSSR count). The van der Waals surface area contributed by atoms with E-state index in [4.69, 9.17) is 5.73 Å². The number of rotatable bonds is 6.